The summed E-state index contributed by atoms with van der Waals surface area (Å²) in [7, 11) is 2.52. The van der Waals surface area contributed by atoms with Gasteiger partial charge in [0, 0.05) is 23.5 Å². The fourth-order valence-corrected chi connectivity index (χ4v) is 3.33. The third-order valence-electron chi connectivity index (χ3n) is 4.80. The maximum absolute atomic E-state index is 12.6. The number of oxazole rings is 1. The van der Waals surface area contributed by atoms with E-state index in [1.807, 2.05) is 31.2 Å². The summed E-state index contributed by atoms with van der Waals surface area (Å²) in [6.45, 7) is 2.00. The Morgan fingerprint density at radius 1 is 1.00 bits per heavy atom. The van der Waals surface area contributed by atoms with E-state index in [0.29, 0.717) is 22.7 Å². The summed E-state index contributed by atoms with van der Waals surface area (Å²) in [5, 5.41) is 0. The SMILES string of the molecule is COC(=O)C1=C(C(=O)OC)N(c2ccc3nc(-c4cccc(C)c4)oc3c2)C=CC=C1. The molecule has 0 fully saturated rings. The number of carbonyl (C=O) groups excluding carboxylic acids is 2. The number of methoxy groups -OCH3 is 2. The summed E-state index contributed by atoms with van der Waals surface area (Å²) in [5.41, 5.74) is 3.92. The van der Waals surface area contributed by atoms with E-state index in [2.05, 4.69) is 4.98 Å². The van der Waals surface area contributed by atoms with Crippen LogP contribution in [-0.2, 0) is 19.1 Å². The number of fused-ring (bicyclic) bond motifs is 1. The number of carbonyl (C=O) groups is 2. The number of aromatic nitrogens is 1. The van der Waals surface area contributed by atoms with Crippen molar-refractivity contribution in [2.75, 3.05) is 19.1 Å². The van der Waals surface area contributed by atoms with E-state index in [4.69, 9.17) is 13.9 Å². The normalized spacial score (nSPS) is 13.5. The highest BCUT2D eigenvalue weighted by Gasteiger charge is 2.27. The highest BCUT2D eigenvalue weighted by Crippen LogP contribution is 2.31. The molecule has 1 aliphatic heterocycles. The molecule has 31 heavy (non-hydrogen) atoms. The van der Waals surface area contributed by atoms with E-state index in [1.54, 1.807) is 41.5 Å². The smallest absolute Gasteiger partial charge is 0.355 e. The van der Waals surface area contributed by atoms with Crippen LogP contribution < -0.4 is 4.90 Å². The summed E-state index contributed by atoms with van der Waals surface area (Å²) in [6.07, 6.45) is 6.54. The first-order valence-electron chi connectivity index (χ1n) is 9.54. The van der Waals surface area contributed by atoms with Crippen molar-refractivity contribution >= 4 is 28.7 Å². The minimum absolute atomic E-state index is 0.0390. The quantitative estimate of drug-likeness (QED) is 0.587. The largest absolute Gasteiger partial charge is 0.465 e. The van der Waals surface area contributed by atoms with Gasteiger partial charge in [0.05, 0.1) is 19.8 Å². The maximum atomic E-state index is 12.6. The number of hydrogen-bond acceptors (Lipinski definition) is 7. The molecule has 0 saturated heterocycles. The Bertz CT molecular complexity index is 1270. The first kappa shape index (κ1) is 20.2. The standard InChI is InChI=1S/C24H20N2O5/c1-15-7-6-8-16(13-15)22-25-19-11-10-17(14-20(19)31-22)26-12-5-4-9-18(23(27)29-2)21(26)24(28)30-3/h4-14H,1-3H3. The van der Waals surface area contributed by atoms with E-state index in [0.717, 1.165) is 11.1 Å². The van der Waals surface area contributed by atoms with Gasteiger partial charge in [0.2, 0.25) is 5.89 Å². The van der Waals surface area contributed by atoms with Crippen molar-refractivity contribution in [3.8, 4) is 11.5 Å². The van der Waals surface area contributed by atoms with E-state index in [1.165, 1.54) is 20.3 Å². The molecule has 2 heterocycles. The molecule has 0 amide bonds. The molecule has 0 unspecified atom stereocenters. The monoisotopic (exact) mass is 416 g/mol. The van der Waals surface area contributed by atoms with Crippen molar-refractivity contribution in [2.45, 2.75) is 6.92 Å². The van der Waals surface area contributed by atoms with Crippen LogP contribution in [0.5, 0.6) is 0 Å². The molecule has 7 nitrogen and oxygen atoms in total. The van der Waals surface area contributed by atoms with Crippen molar-refractivity contribution in [3.63, 3.8) is 0 Å². The van der Waals surface area contributed by atoms with Gasteiger partial charge in [0.1, 0.15) is 11.2 Å². The average molecular weight is 416 g/mol. The van der Waals surface area contributed by atoms with Crippen LogP contribution in [0.2, 0.25) is 0 Å². The molecule has 3 aromatic rings. The van der Waals surface area contributed by atoms with Crippen LogP contribution in [0.25, 0.3) is 22.6 Å². The molecule has 0 saturated carbocycles. The molecule has 0 N–H and O–H groups in total. The zero-order valence-corrected chi connectivity index (χ0v) is 17.3. The summed E-state index contributed by atoms with van der Waals surface area (Å²) < 4.78 is 15.8. The van der Waals surface area contributed by atoms with E-state index >= 15 is 0 Å². The second-order valence-electron chi connectivity index (χ2n) is 6.86. The molecular weight excluding hydrogens is 396 g/mol. The zero-order valence-electron chi connectivity index (χ0n) is 17.3. The predicted octanol–water partition coefficient (Wildman–Crippen LogP) is 4.29. The second-order valence-corrected chi connectivity index (χ2v) is 6.86. The van der Waals surface area contributed by atoms with Crippen LogP contribution in [0.1, 0.15) is 5.56 Å². The number of anilines is 1. The first-order valence-corrected chi connectivity index (χ1v) is 9.54. The summed E-state index contributed by atoms with van der Waals surface area (Å²) in [4.78, 5) is 31.0. The summed E-state index contributed by atoms with van der Waals surface area (Å²) >= 11 is 0. The van der Waals surface area contributed by atoms with Crippen LogP contribution in [0.4, 0.5) is 5.69 Å². The number of ether oxygens (including phenoxy) is 2. The number of nitrogens with zero attached hydrogens (tertiary/aromatic N) is 2. The third kappa shape index (κ3) is 3.85. The van der Waals surface area contributed by atoms with Gasteiger partial charge in [-0.2, -0.15) is 0 Å². The van der Waals surface area contributed by atoms with Gasteiger partial charge in [-0.1, -0.05) is 23.8 Å². The van der Waals surface area contributed by atoms with Gasteiger partial charge in [0.15, 0.2) is 5.58 Å². The molecule has 0 spiro atoms. The lowest BCUT2D eigenvalue weighted by molar-refractivity contribution is -0.139. The van der Waals surface area contributed by atoms with E-state index in [-0.39, 0.29) is 11.3 Å². The molecule has 156 valence electrons. The van der Waals surface area contributed by atoms with Gasteiger partial charge in [0.25, 0.3) is 0 Å². The third-order valence-corrected chi connectivity index (χ3v) is 4.80. The number of hydrogen-bond donors (Lipinski definition) is 0. The molecule has 0 bridgehead atoms. The van der Waals surface area contributed by atoms with Gasteiger partial charge < -0.3 is 18.8 Å². The molecule has 0 atom stereocenters. The number of allylic oxidation sites excluding steroid dienone is 2. The van der Waals surface area contributed by atoms with Crippen molar-refractivity contribution in [1.82, 2.24) is 4.98 Å². The first-order chi connectivity index (χ1) is 15.0. The topological polar surface area (TPSA) is 81.9 Å². The van der Waals surface area contributed by atoms with Gasteiger partial charge in [-0.25, -0.2) is 14.6 Å². The Kier molecular flexibility index (Phi) is 5.41. The summed E-state index contributed by atoms with van der Waals surface area (Å²) in [6, 6.07) is 13.2. The molecule has 2 aromatic carbocycles. The average Bonchev–Trinajstić information content (AvgIpc) is 3.09. The van der Waals surface area contributed by atoms with Crippen molar-refractivity contribution in [1.29, 1.82) is 0 Å². The number of rotatable bonds is 4. The van der Waals surface area contributed by atoms with Crippen LogP contribution in [0.3, 0.4) is 0 Å². The lowest BCUT2D eigenvalue weighted by Crippen LogP contribution is -2.26. The van der Waals surface area contributed by atoms with Crippen LogP contribution in [0.15, 0.2) is 82.6 Å². The fourth-order valence-electron chi connectivity index (χ4n) is 3.33. The van der Waals surface area contributed by atoms with Crippen LogP contribution in [0, 0.1) is 6.92 Å². The number of esters is 2. The Morgan fingerprint density at radius 2 is 1.81 bits per heavy atom. The molecule has 4 rings (SSSR count). The molecule has 1 aromatic heterocycles. The predicted molar refractivity (Wildman–Crippen MR) is 116 cm³/mol. The van der Waals surface area contributed by atoms with Gasteiger partial charge in [-0.3, -0.25) is 0 Å². The Balaban J connectivity index is 1.82. The maximum Gasteiger partial charge on any atom is 0.355 e. The zero-order chi connectivity index (χ0) is 22.0. The molecular formula is C24H20N2O5. The highest BCUT2D eigenvalue weighted by atomic mass is 16.5. The minimum Gasteiger partial charge on any atom is -0.465 e. The summed E-state index contributed by atoms with van der Waals surface area (Å²) in [5.74, 6) is -0.814. The lowest BCUT2D eigenvalue weighted by Gasteiger charge is -2.22. The molecule has 7 heteroatoms. The van der Waals surface area contributed by atoms with Gasteiger partial charge in [-0.15, -0.1) is 0 Å². The Morgan fingerprint density at radius 3 is 2.55 bits per heavy atom. The van der Waals surface area contributed by atoms with Gasteiger partial charge in [-0.05, 0) is 43.3 Å². The molecule has 0 radical (unpaired) electrons. The minimum atomic E-state index is -0.672. The number of benzene rings is 2. The van der Waals surface area contributed by atoms with Crippen LogP contribution >= 0.6 is 0 Å². The molecule has 0 aliphatic carbocycles. The van der Waals surface area contributed by atoms with Crippen molar-refractivity contribution in [2.24, 2.45) is 0 Å². The molecule has 1 aliphatic rings. The lowest BCUT2D eigenvalue weighted by atomic mass is 10.1. The van der Waals surface area contributed by atoms with E-state index < -0.39 is 11.9 Å². The number of aryl methyl sites for hydroxylation is 1. The highest BCUT2D eigenvalue weighted by molar-refractivity contribution is 6.05. The second kappa shape index (κ2) is 8.31. The van der Waals surface area contributed by atoms with Crippen molar-refractivity contribution < 1.29 is 23.5 Å². The van der Waals surface area contributed by atoms with E-state index in [9.17, 15) is 9.59 Å². The Hall–Kier alpha value is -4.13. The fraction of sp³-hybridized carbons (Fsp3) is 0.125. The Labute approximate surface area is 178 Å². The van der Waals surface area contributed by atoms with Gasteiger partial charge >= 0.3 is 11.9 Å². The van der Waals surface area contributed by atoms with Crippen LogP contribution in [-0.4, -0.2) is 31.1 Å². The van der Waals surface area contributed by atoms with Crippen molar-refractivity contribution in [3.05, 3.63) is 83.7 Å².